The maximum atomic E-state index is 13.2. The number of fused-ring (bicyclic) bond motifs is 1. The van der Waals surface area contributed by atoms with E-state index >= 15 is 0 Å². The van der Waals surface area contributed by atoms with Crippen molar-refractivity contribution in [2.75, 3.05) is 42.9 Å². The summed E-state index contributed by atoms with van der Waals surface area (Å²) in [6.07, 6.45) is 9.61. The SMILES string of the molecule is O=C(CNc1ccccc1S(=O)(=O)N1CCCCC1)CC1CCCCN(c2ncnc3[nH]ncc23)C1. The summed E-state index contributed by atoms with van der Waals surface area (Å²) < 4.78 is 28.0. The summed E-state index contributed by atoms with van der Waals surface area (Å²) in [4.78, 5) is 24.2. The van der Waals surface area contributed by atoms with Gasteiger partial charge in [-0.2, -0.15) is 9.40 Å². The van der Waals surface area contributed by atoms with Gasteiger partial charge in [-0.05, 0) is 43.7 Å². The smallest absolute Gasteiger partial charge is 0.245 e. The van der Waals surface area contributed by atoms with Gasteiger partial charge in [0.15, 0.2) is 11.4 Å². The molecule has 11 heteroatoms. The maximum Gasteiger partial charge on any atom is 0.245 e. The topological polar surface area (TPSA) is 124 Å². The third-order valence-electron chi connectivity index (χ3n) is 7.11. The van der Waals surface area contributed by atoms with E-state index in [1.807, 2.05) is 0 Å². The van der Waals surface area contributed by atoms with Gasteiger partial charge in [-0.1, -0.05) is 25.0 Å². The van der Waals surface area contributed by atoms with Crippen LogP contribution in [0.2, 0.25) is 0 Å². The van der Waals surface area contributed by atoms with Crippen molar-refractivity contribution in [2.45, 2.75) is 49.8 Å². The van der Waals surface area contributed by atoms with Crippen molar-refractivity contribution >= 4 is 38.3 Å². The Hall–Kier alpha value is -3.05. The number of sulfonamides is 1. The number of aromatic nitrogens is 4. The number of hydrogen-bond donors (Lipinski definition) is 2. The molecule has 4 heterocycles. The summed E-state index contributed by atoms with van der Waals surface area (Å²) in [6.45, 7) is 2.81. The molecule has 1 aromatic carbocycles. The van der Waals surface area contributed by atoms with Gasteiger partial charge in [-0.25, -0.2) is 18.4 Å². The maximum absolute atomic E-state index is 13.2. The number of nitrogens with zero attached hydrogens (tertiary/aromatic N) is 5. The number of anilines is 2. The van der Waals surface area contributed by atoms with Crippen molar-refractivity contribution < 1.29 is 13.2 Å². The molecule has 0 bridgehead atoms. The summed E-state index contributed by atoms with van der Waals surface area (Å²) in [5, 5.41) is 11.0. The van der Waals surface area contributed by atoms with Crippen LogP contribution in [0.5, 0.6) is 0 Å². The van der Waals surface area contributed by atoms with Gasteiger partial charge in [-0.3, -0.25) is 9.89 Å². The van der Waals surface area contributed by atoms with Gasteiger partial charge in [0.25, 0.3) is 0 Å². The molecule has 2 aromatic heterocycles. The van der Waals surface area contributed by atoms with E-state index in [0.717, 1.165) is 62.8 Å². The lowest BCUT2D eigenvalue weighted by atomic mass is 9.97. The molecule has 0 spiro atoms. The van der Waals surface area contributed by atoms with Gasteiger partial charge in [0.05, 0.1) is 23.8 Å². The molecule has 10 nitrogen and oxygen atoms in total. The highest BCUT2D eigenvalue weighted by atomic mass is 32.2. The second kappa shape index (κ2) is 10.9. The molecular weight excluding hydrogens is 478 g/mol. The fourth-order valence-corrected chi connectivity index (χ4v) is 6.95. The zero-order chi connectivity index (χ0) is 25.0. The number of carbonyl (C=O) groups is 1. The van der Waals surface area contributed by atoms with Crippen LogP contribution in [0.15, 0.2) is 41.7 Å². The van der Waals surface area contributed by atoms with Gasteiger partial charge in [0.1, 0.15) is 17.0 Å². The Balaban J connectivity index is 1.23. The number of Topliss-reactive ketones (excluding diaryl/α,β-unsaturated/α-hetero) is 1. The molecule has 5 rings (SSSR count). The Morgan fingerprint density at radius 1 is 1.06 bits per heavy atom. The molecule has 1 unspecified atom stereocenters. The zero-order valence-electron chi connectivity index (χ0n) is 20.4. The van der Waals surface area contributed by atoms with Crippen molar-refractivity contribution in [1.29, 1.82) is 0 Å². The van der Waals surface area contributed by atoms with E-state index in [1.54, 1.807) is 41.1 Å². The van der Waals surface area contributed by atoms with Gasteiger partial charge in [-0.15, -0.1) is 0 Å². The summed E-state index contributed by atoms with van der Waals surface area (Å²) in [6, 6.07) is 6.89. The average molecular weight is 512 g/mol. The van der Waals surface area contributed by atoms with Gasteiger partial charge >= 0.3 is 0 Å². The van der Waals surface area contributed by atoms with E-state index in [-0.39, 0.29) is 23.1 Å². The van der Waals surface area contributed by atoms with Crippen LogP contribution in [-0.4, -0.2) is 71.4 Å². The van der Waals surface area contributed by atoms with Crippen LogP contribution in [0.25, 0.3) is 11.0 Å². The second-order valence-corrected chi connectivity index (χ2v) is 11.6. The Morgan fingerprint density at radius 3 is 2.72 bits per heavy atom. The number of rotatable bonds is 8. The molecule has 36 heavy (non-hydrogen) atoms. The van der Waals surface area contributed by atoms with E-state index in [0.29, 0.717) is 30.8 Å². The Labute approximate surface area is 211 Å². The molecule has 0 radical (unpaired) electrons. The highest BCUT2D eigenvalue weighted by Crippen LogP contribution is 2.29. The van der Waals surface area contributed by atoms with Crippen LogP contribution in [0.3, 0.4) is 0 Å². The first-order valence-electron chi connectivity index (χ1n) is 12.8. The van der Waals surface area contributed by atoms with Crippen LogP contribution < -0.4 is 10.2 Å². The Kier molecular flexibility index (Phi) is 7.47. The molecule has 2 saturated heterocycles. The minimum atomic E-state index is -3.59. The van der Waals surface area contributed by atoms with Crippen LogP contribution >= 0.6 is 0 Å². The molecule has 2 aliphatic heterocycles. The zero-order valence-corrected chi connectivity index (χ0v) is 21.2. The molecule has 0 saturated carbocycles. The number of aromatic amines is 1. The summed E-state index contributed by atoms with van der Waals surface area (Å²) in [5.41, 5.74) is 1.20. The third kappa shape index (κ3) is 5.36. The molecule has 192 valence electrons. The number of ketones is 1. The average Bonchev–Trinajstić information content (AvgIpc) is 3.27. The first-order valence-corrected chi connectivity index (χ1v) is 14.2. The molecule has 0 amide bonds. The van der Waals surface area contributed by atoms with Crippen molar-refractivity contribution in [3.8, 4) is 0 Å². The quantitative estimate of drug-likeness (QED) is 0.472. The van der Waals surface area contributed by atoms with Crippen molar-refractivity contribution in [1.82, 2.24) is 24.5 Å². The summed E-state index contributed by atoms with van der Waals surface area (Å²) >= 11 is 0. The lowest BCUT2D eigenvalue weighted by Crippen LogP contribution is -2.36. The molecule has 2 fully saturated rings. The number of nitrogens with one attached hydrogen (secondary N) is 2. The van der Waals surface area contributed by atoms with Crippen LogP contribution in [0.4, 0.5) is 11.5 Å². The van der Waals surface area contributed by atoms with Gasteiger partial charge in [0.2, 0.25) is 10.0 Å². The van der Waals surface area contributed by atoms with Crippen molar-refractivity contribution in [3.05, 3.63) is 36.8 Å². The normalized spacial score (nSPS) is 19.8. The minimum absolute atomic E-state index is 0.0724. The standard InChI is InChI=1S/C25H33N7O3S/c33-20(15-26-22-9-2-3-10-23(22)36(34,35)32-12-5-1-6-13-32)14-19-8-4-7-11-31(17-19)25-21-16-29-30-24(21)27-18-28-25/h2-3,9-10,16,18-19,26H,1,4-8,11-15,17H2,(H,27,28,29,30). The lowest BCUT2D eigenvalue weighted by Gasteiger charge is -2.27. The highest BCUT2D eigenvalue weighted by molar-refractivity contribution is 7.89. The second-order valence-electron chi connectivity index (χ2n) is 9.69. The van der Waals surface area contributed by atoms with E-state index in [2.05, 4.69) is 30.4 Å². The monoisotopic (exact) mass is 511 g/mol. The molecule has 1 atom stereocenters. The van der Waals surface area contributed by atoms with E-state index in [1.165, 1.54) is 0 Å². The minimum Gasteiger partial charge on any atom is -0.377 e. The first kappa shape index (κ1) is 24.6. The first-order chi connectivity index (χ1) is 17.5. The Bertz CT molecular complexity index is 1300. The molecule has 0 aliphatic carbocycles. The summed E-state index contributed by atoms with van der Waals surface area (Å²) in [5.74, 6) is 1.12. The molecule has 3 aromatic rings. The van der Waals surface area contributed by atoms with Gasteiger partial charge < -0.3 is 10.2 Å². The molecule has 2 aliphatic rings. The number of hydrogen-bond acceptors (Lipinski definition) is 8. The lowest BCUT2D eigenvalue weighted by molar-refractivity contribution is -0.118. The predicted octanol–water partition coefficient (Wildman–Crippen LogP) is 3.21. The fraction of sp³-hybridized carbons (Fsp3) is 0.520. The fourth-order valence-electron chi connectivity index (χ4n) is 5.26. The number of piperidine rings is 1. The van der Waals surface area contributed by atoms with Gasteiger partial charge in [0, 0.05) is 32.6 Å². The molecule has 2 N–H and O–H groups in total. The Morgan fingerprint density at radius 2 is 1.86 bits per heavy atom. The summed E-state index contributed by atoms with van der Waals surface area (Å²) in [7, 11) is -3.59. The van der Waals surface area contributed by atoms with Crippen molar-refractivity contribution in [3.63, 3.8) is 0 Å². The van der Waals surface area contributed by atoms with E-state index in [9.17, 15) is 13.2 Å². The van der Waals surface area contributed by atoms with E-state index < -0.39 is 10.0 Å². The van der Waals surface area contributed by atoms with Crippen molar-refractivity contribution in [2.24, 2.45) is 5.92 Å². The predicted molar refractivity (Wildman–Crippen MR) is 138 cm³/mol. The largest absolute Gasteiger partial charge is 0.377 e. The number of para-hydroxylation sites is 1. The van der Waals surface area contributed by atoms with Crippen LogP contribution in [-0.2, 0) is 14.8 Å². The highest BCUT2D eigenvalue weighted by Gasteiger charge is 2.28. The van der Waals surface area contributed by atoms with Crippen LogP contribution in [0.1, 0.15) is 44.9 Å². The number of H-pyrrole nitrogens is 1. The number of carbonyl (C=O) groups excluding carboxylic acids is 1. The molecular formula is C25H33N7O3S. The van der Waals surface area contributed by atoms with E-state index in [4.69, 9.17) is 0 Å². The third-order valence-corrected chi connectivity index (χ3v) is 9.06. The number of benzene rings is 1. The van der Waals surface area contributed by atoms with Crippen LogP contribution in [0, 0.1) is 5.92 Å².